The molecule has 4 saturated carbocycles. The van der Waals surface area contributed by atoms with Gasteiger partial charge in [-0.2, -0.15) is 0 Å². The molecular weight excluding hydrogens is 660 g/mol. The molecule has 10 atom stereocenters. The lowest BCUT2D eigenvalue weighted by atomic mass is 9.33. The second kappa shape index (κ2) is 12.8. The number of carboxylic acid groups (broad SMARTS) is 1. The number of halogens is 1. The summed E-state index contributed by atoms with van der Waals surface area (Å²) in [4.78, 5) is 14.3. The second-order valence-electron chi connectivity index (χ2n) is 20.0. The van der Waals surface area contributed by atoms with Gasteiger partial charge in [0.15, 0.2) is 9.84 Å². The summed E-state index contributed by atoms with van der Waals surface area (Å²) in [5.74, 6) is 2.58. The van der Waals surface area contributed by atoms with Crippen molar-refractivity contribution in [1.82, 2.24) is 10.2 Å². The van der Waals surface area contributed by atoms with Crippen molar-refractivity contribution in [3.05, 3.63) is 35.5 Å². The van der Waals surface area contributed by atoms with Gasteiger partial charge in [0.05, 0.1) is 16.9 Å². The molecule has 286 valence electrons. The van der Waals surface area contributed by atoms with Crippen LogP contribution in [-0.4, -0.2) is 74.3 Å². The highest BCUT2D eigenvalue weighted by atomic mass is 32.2. The van der Waals surface area contributed by atoms with Gasteiger partial charge in [0, 0.05) is 31.7 Å². The molecular formula is C43H67FN2O4S. The van der Waals surface area contributed by atoms with E-state index in [9.17, 15) is 22.7 Å². The molecule has 6 nitrogen and oxygen atoms in total. The normalized spacial score (nSPS) is 46.1. The highest BCUT2D eigenvalue weighted by molar-refractivity contribution is 7.91. The monoisotopic (exact) mass is 726 g/mol. The predicted molar refractivity (Wildman–Crippen MR) is 204 cm³/mol. The number of hydrogen-bond donors (Lipinski definition) is 2. The van der Waals surface area contributed by atoms with Crippen molar-refractivity contribution >= 4 is 15.8 Å². The fourth-order valence-electron chi connectivity index (χ4n) is 14.6. The molecule has 0 aromatic heterocycles. The maximum atomic E-state index is 14.0. The number of sulfone groups is 1. The number of nitrogens with one attached hydrogen (secondary N) is 1. The Morgan fingerprint density at radius 1 is 0.941 bits per heavy atom. The van der Waals surface area contributed by atoms with Crippen LogP contribution in [0.1, 0.15) is 119 Å². The topological polar surface area (TPSA) is 86.7 Å². The van der Waals surface area contributed by atoms with Crippen LogP contribution in [0.2, 0.25) is 0 Å². The van der Waals surface area contributed by atoms with E-state index in [1.54, 1.807) is 0 Å². The first-order valence-corrected chi connectivity index (χ1v) is 22.2. The van der Waals surface area contributed by atoms with E-state index < -0.39 is 27.9 Å². The molecule has 6 aliphatic carbocycles. The first-order valence-electron chi connectivity index (χ1n) is 20.4. The number of nitrogens with zero attached hydrogens (tertiary/aromatic N) is 1. The summed E-state index contributed by atoms with van der Waals surface area (Å²) in [6.45, 7) is 22.1. The van der Waals surface area contributed by atoms with Crippen LogP contribution in [0.15, 0.2) is 35.5 Å². The van der Waals surface area contributed by atoms with Crippen molar-refractivity contribution < 1.29 is 22.7 Å². The summed E-state index contributed by atoms with van der Waals surface area (Å²) in [7, 11) is -2.87. The summed E-state index contributed by atoms with van der Waals surface area (Å²) >= 11 is 0. The van der Waals surface area contributed by atoms with Crippen molar-refractivity contribution in [2.24, 2.45) is 56.7 Å². The summed E-state index contributed by atoms with van der Waals surface area (Å²) in [5.41, 5.74) is 3.60. The largest absolute Gasteiger partial charge is 0.481 e. The van der Waals surface area contributed by atoms with Gasteiger partial charge in [0.1, 0.15) is 6.67 Å². The fourth-order valence-corrected chi connectivity index (χ4v) is 15.8. The lowest BCUT2D eigenvalue weighted by Crippen LogP contribution is -2.68. The zero-order chi connectivity index (χ0) is 36.8. The Kier molecular flexibility index (Phi) is 9.47. The van der Waals surface area contributed by atoms with Gasteiger partial charge in [-0.15, -0.1) is 0 Å². The smallest absolute Gasteiger partial charge is 0.312 e. The zero-order valence-electron chi connectivity index (χ0n) is 32.6. The summed E-state index contributed by atoms with van der Waals surface area (Å²) < 4.78 is 38.0. The maximum Gasteiger partial charge on any atom is 0.312 e. The lowest BCUT2D eigenvalue weighted by molar-refractivity contribution is -0.221. The fraction of sp³-hybridized carbons (Fsp3) is 0.837. The molecule has 5 fully saturated rings. The van der Waals surface area contributed by atoms with Gasteiger partial charge in [-0.05, 0) is 146 Å². The number of carbonyl (C=O) groups is 1. The quantitative estimate of drug-likeness (QED) is 0.245. The molecule has 2 N–H and O–H groups in total. The van der Waals surface area contributed by atoms with Crippen LogP contribution >= 0.6 is 0 Å². The van der Waals surface area contributed by atoms with Crippen LogP contribution in [0.25, 0.3) is 0 Å². The Bertz CT molecular complexity index is 1590. The Morgan fingerprint density at radius 2 is 1.67 bits per heavy atom. The number of alkyl halides is 1. The van der Waals surface area contributed by atoms with Crippen LogP contribution in [0.3, 0.4) is 0 Å². The Hall–Kier alpha value is -1.51. The van der Waals surface area contributed by atoms with Crippen molar-refractivity contribution in [3.8, 4) is 0 Å². The standard InChI is InChI=1S/C43H67FN2O4S/c1-29(2)31-12-19-43(45-22-23-46-24-26-51(49,50)27-25-46)21-20-40(6)33(36(31)43)8-9-35-39(5)15-13-32(38(3,4)34(39)14-16-41(35,40)7)30-10-17-42(28-44,18-11-30)37(47)48/h10,13,31,33-36,45H,1,8-9,11-12,14-28H2,2-7H3,(H,47,48)/t31-,33+,34?,35?,36?,39-,40+,41+,42-,43-/m0/s1. The van der Waals surface area contributed by atoms with E-state index in [1.165, 1.54) is 68.1 Å². The third-order valence-electron chi connectivity index (χ3n) is 17.7. The summed E-state index contributed by atoms with van der Waals surface area (Å²) in [6.07, 6.45) is 16.9. The minimum absolute atomic E-state index is 0.0163. The van der Waals surface area contributed by atoms with Gasteiger partial charge < -0.3 is 15.3 Å². The van der Waals surface area contributed by atoms with Crippen LogP contribution in [-0.2, 0) is 14.6 Å². The second-order valence-corrected chi connectivity index (χ2v) is 22.3. The molecule has 1 heterocycles. The highest BCUT2D eigenvalue weighted by Crippen LogP contribution is 2.76. The molecule has 0 aromatic rings. The van der Waals surface area contributed by atoms with E-state index in [-0.39, 0.29) is 33.6 Å². The first-order chi connectivity index (χ1) is 23.9. The van der Waals surface area contributed by atoms with E-state index in [2.05, 4.69) is 70.5 Å². The van der Waals surface area contributed by atoms with E-state index in [0.717, 1.165) is 19.5 Å². The molecule has 1 aliphatic heterocycles. The Labute approximate surface area is 308 Å². The summed E-state index contributed by atoms with van der Waals surface area (Å²) in [6, 6.07) is 0. The van der Waals surface area contributed by atoms with Crippen LogP contribution < -0.4 is 5.32 Å². The number of rotatable bonds is 8. The molecule has 8 heteroatoms. The first kappa shape index (κ1) is 37.8. The number of carboxylic acids is 1. The average Bonchev–Trinajstić information content (AvgIpc) is 3.46. The van der Waals surface area contributed by atoms with Gasteiger partial charge in [-0.1, -0.05) is 58.9 Å². The SMILES string of the molecule is C=C(C)[C@@H]1CC[C@]2(NCCN3CCS(=O)(=O)CC3)CC[C@]3(C)[C@H](CCC4[C@@]5(C)CC=C(C6=CC[C@](CF)(C(=O)O)CC6)C(C)(C)C5CC[C@]43C)C12. The Morgan fingerprint density at radius 3 is 2.29 bits per heavy atom. The van der Waals surface area contributed by atoms with Gasteiger partial charge in [-0.3, -0.25) is 4.79 Å². The predicted octanol–water partition coefficient (Wildman–Crippen LogP) is 8.40. The zero-order valence-corrected chi connectivity index (χ0v) is 33.4. The third kappa shape index (κ3) is 5.71. The number of fused-ring (bicyclic) bond motifs is 7. The Balaban J connectivity index is 1.13. The number of aliphatic carboxylic acids is 1. The van der Waals surface area contributed by atoms with Gasteiger partial charge in [0.25, 0.3) is 0 Å². The van der Waals surface area contributed by atoms with Crippen molar-refractivity contribution in [2.45, 2.75) is 124 Å². The minimum atomic E-state index is -2.87. The molecule has 7 aliphatic rings. The van der Waals surface area contributed by atoms with E-state index in [1.807, 2.05) is 0 Å². The van der Waals surface area contributed by atoms with Crippen molar-refractivity contribution in [3.63, 3.8) is 0 Å². The maximum absolute atomic E-state index is 14.0. The summed E-state index contributed by atoms with van der Waals surface area (Å²) in [5, 5.41) is 14.0. The molecule has 51 heavy (non-hydrogen) atoms. The molecule has 0 aromatic carbocycles. The van der Waals surface area contributed by atoms with E-state index >= 15 is 0 Å². The van der Waals surface area contributed by atoms with E-state index in [0.29, 0.717) is 67.0 Å². The lowest BCUT2D eigenvalue weighted by Gasteiger charge is -2.72. The molecule has 0 spiro atoms. The van der Waals surface area contributed by atoms with Crippen LogP contribution in [0, 0.1) is 56.7 Å². The van der Waals surface area contributed by atoms with Gasteiger partial charge >= 0.3 is 5.97 Å². The molecule has 7 rings (SSSR count). The molecule has 0 radical (unpaired) electrons. The van der Waals surface area contributed by atoms with Gasteiger partial charge in [0.2, 0.25) is 0 Å². The minimum Gasteiger partial charge on any atom is -0.481 e. The van der Waals surface area contributed by atoms with E-state index in [4.69, 9.17) is 0 Å². The van der Waals surface area contributed by atoms with Crippen molar-refractivity contribution in [1.29, 1.82) is 0 Å². The third-order valence-corrected chi connectivity index (χ3v) is 19.3. The molecule has 3 unspecified atom stereocenters. The number of hydrogen-bond acceptors (Lipinski definition) is 5. The average molecular weight is 727 g/mol. The molecule has 0 amide bonds. The van der Waals surface area contributed by atoms with Crippen molar-refractivity contribution in [2.75, 3.05) is 44.4 Å². The molecule has 1 saturated heterocycles. The molecule has 0 bridgehead atoms. The number of allylic oxidation sites excluding steroid dienone is 5. The highest BCUT2D eigenvalue weighted by Gasteiger charge is 2.70. The van der Waals surface area contributed by atoms with Gasteiger partial charge in [-0.25, -0.2) is 12.8 Å². The van der Waals surface area contributed by atoms with Crippen LogP contribution in [0.5, 0.6) is 0 Å². The van der Waals surface area contributed by atoms with Crippen LogP contribution in [0.4, 0.5) is 4.39 Å².